The summed E-state index contributed by atoms with van der Waals surface area (Å²) in [6, 6.07) is 0. The van der Waals surface area contributed by atoms with Gasteiger partial charge in [-0.15, -0.1) is 0 Å². The molecule has 122 valence electrons. The predicted molar refractivity (Wildman–Crippen MR) is 83.8 cm³/mol. The van der Waals surface area contributed by atoms with Crippen molar-refractivity contribution >= 4 is 17.3 Å². The van der Waals surface area contributed by atoms with Crippen molar-refractivity contribution in [2.75, 3.05) is 13.2 Å². The van der Waals surface area contributed by atoms with Gasteiger partial charge in [0, 0.05) is 38.2 Å². The first-order valence-electron chi connectivity index (χ1n) is 8.14. The molecule has 0 fully saturated rings. The van der Waals surface area contributed by atoms with Crippen LogP contribution in [0.4, 0.5) is 0 Å². The minimum Gasteiger partial charge on any atom is -0.392 e. The minimum atomic E-state index is -0.0399. The molecule has 5 heteroatoms. The van der Waals surface area contributed by atoms with Crippen LogP contribution in [-0.4, -0.2) is 36.6 Å². The summed E-state index contributed by atoms with van der Waals surface area (Å²) in [6.07, 6.45) is 5.69. The average Bonchev–Trinajstić information content (AvgIpc) is 2.96. The van der Waals surface area contributed by atoms with Crippen LogP contribution < -0.4 is 0 Å². The smallest absolute Gasteiger partial charge is 0.138 e. The number of allylic oxidation sites excluding steroid dienone is 2. The van der Waals surface area contributed by atoms with Crippen molar-refractivity contribution in [1.29, 1.82) is 0 Å². The Hall–Kier alpha value is -1.49. The van der Waals surface area contributed by atoms with Crippen LogP contribution in [0.25, 0.3) is 0 Å². The van der Waals surface area contributed by atoms with Gasteiger partial charge in [-0.05, 0) is 25.3 Å². The molecule has 1 heterocycles. The Bertz CT molecular complexity index is 481. The molecule has 1 aliphatic heterocycles. The van der Waals surface area contributed by atoms with Gasteiger partial charge in [0.15, 0.2) is 0 Å². The van der Waals surface area contributed by atoms with Crippen LogP contribution in [0.5, 0.6) is 0 Å². The fraction of sp³-hybridized carbons (Fsp3) is 0.706. The largest absolute Gasteiger partial charge is 0.392 e. The molecule has 2 rings (SSSR count). The summed E-state index contributed by atoms with van der Waals surface area (Å²) >= 11 is 0. The highest BCUT2D eigenvalue weighted by molar-refractivity contribution is 6.02. The Kier molecular flexibility index (Phi) is 6.31. The van der Waals surface area contributed by atoms with Crippen LogP contribution in [-0.2, 0) is 19.2 Å². The Morgan fingerprint density at radius 3 is 3.00 bits per heavy atom. The Labute approximate surface area is 131 Å². The molecule has 0 bridgehead atoms. The summed E-state index contributed by atoms with van der Waals surface area (Å²) in [5.74, 6) is 0.461. The van der Waals surface area contributed by atoms with E-state index < -0.39 is 0 Å². The van der Waals surface area contributed by atoms with Gasteiger partial charge in [-0.2, -0.15) is 0 Å². The molecule has 0 aromatic heterocycles. The molecule has 2 unspecified atom stereocenters. The van der Waals surface area contributed by atoms with Gasteiger partial charge in [0.05, 0.1) is 12.3 Å². The molecule has 0 aromatic carbocycles. The van der Waals surface area contributed by atoms with E-state index in [1.165, 1.54) is 0 Å². The van der Waals surface area contributed by atoms with Gasteiger partial charge < -0.3 is 9.57 Å². The number of carbonyl (C=O) groups excluding carboxylic acids is 2. The Morgan fingerprint density at radius 2 is 2.32 bits per heavy atom. The summed E-state index contributed by atoms with van der Waals surface area (Å²) in [5, 5.41) is 4.15. The number of Topliss-reactive ketones (excluding diaryl/α,β-unsaturated/α-hetero) is 2. The summed E-state index contributed by atoms with van der Waals surface area (Å²) < 4.78 is 5.22. The monoisotopic (exact) mass is 307 g/mol. The van der Waals surface area contributed by atoms with E-state index in [1.54, 1.807) is 0 Å². The Morgan fingerprint density at radius 1 is 1.50 bits per heavy atom. The van der Waals surface area contributed by atoms with E-state index in [9.17, 15) is 9.59 Å². The number of nitrogens with zero attached hydrogens (tertiary/aromatic N) is 1. The van der Waals surface area contributed by atoms with Crippen molar-refractivity contribution in [3.8, 4) is 0 Å². The van der Waals surface area contributed by atoms with E-state index in [1.807, 2.05) is 19.9 Å². The van der Waals surface area contributed by atoms with E-state index in [-0.39, 0.29) is 23.6 Å². The molecule has 0 amide bonds. The average molecular weight is 307 g/mol. The lowest BCUT2D eigenvalue weighted by Crippen LogP contribution is -2.20. The third-order valence-electron chi connectivity index (χ3n) is 4.22. The number of carbonyl (C=O) groups is 2. The van der Waals surface area contributed by atoms with Crippen LogP contribution in [0.1, 0.15) is 52.4 Å². The van der Waals surface area contributed by atoms with Crippen LogP contribution in [0.2, 0.25) is 0 Å². The van der Waals surface area contributed by atoms with E-state index >= 15 is 0 Å². The van der Waals surface area contributed by atoms with E-state index in [0.29, 0.717) is 38.9 Å². The first kappa shape index (κ1) is 16.9. The highest BCUT2D eigenvalue weighted by Gasteiger charge is 2.28. The fourth-order valence-electron chi connectivity index (χ4n) is 2.81. The van der Waals surface area contributed by atoms with Gasteiger partial charge in [-0.1, -0.05) is 18.2 Å². The van der Waals surface area contributed by atoms with Crippen molar-refractivity contribution < 1.29 is 19.2 Å². The molecule has 0 spiro atoms. The maximum Gasteiger partial charge on any atom is 0.138 e. The second kappa shape index (κ2) is 8.22. The van der Waals surface area contributed by atoms with Gasteiger partial charge in [-0.3, -0.25) is 9.59 Å². The normalized spacial score (nSPS) is 22.8. The van der Waals surface area contributed by atoms with E-state index in [2.05, 4.69) is 5.16 Å². The van der Waals surface area contributed by atoms with Crippen molar-refractivity contribution in [1.82, 2.24) is 0 Å². The third-order valence-corrected chi connectivity index (χ3v) is 4.22. The minimum absolute atomic E-state index is 0.0282. The molecule has 0 aromatic rings. The highest BCUT2D eigenvalue weighted by atomic mass is 16.6. The molecule has 0 N–H and O–H groups in total. The molecule has 5 nitrogen and oxygen atoms in total. The van der Waals surface area contributed by atoms with Gasteiger partial charge in [0.2, 0.25) is 0 Å². The summed E-state index contributed by atoms with van der Waals surface area (Å²) in [6.45, 7) is 5.00. The van der Waals surface area contributed by atoms with Crippen molar-refractivity contribution in [2.24, 2.45) is 11.1 Å². The number of hydrogen-bond donors (Lipinski definition) is 0. The van der Waals surface area contributed by atoms with E-state index in [0.717, 1.165) is 24.1 Å². The van der Waals surface area contributed by atoms with Crippen molar-refractivity contribution in [3.05, 3.63) is 11.6 Å². The standard InChI is InChI=1S/C17H25NO4/c1-3-21-9-8-17(20)12(2)10-15-11-16(18-22-15)13-4-6-14(19)7-5-13/h4,12,15H,3,5-11H2,1-2H3. The molecule has 0 saturated carbocycles. The fourth-order valence-corrected chi connectivity index (χ4v) is 2.81. The van der Waals surface area contributed by atoms with Gasteiger partial charge >= 0.3 is 0 Å². The van der Waals surface area contributed by atoms with Gasteiger partial charge in [0.1, 0.15) is 17.7 Å². The highest BCUT2D eigenvalue weighted by Crippen LogP contribution is 2.26. The zero-order valence-corrected chi connectivity index (χ0v) is 13.5. The first-order valence-corrected chi connectivity index (χ1v) is 8.14. The van der Waals surface area contributed by atoms with Crippen molar-refractivity contribution in [2.45, 2.75) is 58.5 Å². The van der Waals surface area contributed by atoms with Crippen LogP contribution in [0.3, 0.4) is 0 Å². The second-order valence-electron chi connectivity index (χ2n) is 5.99. The molecule has 0 radical (unpaired) electrons. The van der Waals surface area contributed by atoms with E-state index in [4.69, 9.17) is 9.57 Å². The zero-order valence-electron chi connectivity index (χ0n) is 13.5. The molecular weight excluding hydrogens is 282 g/mol. The molecule has 22 heavy (non-hydrogen) atoms. The number of ether oxygens (including phenoxy) is 1. The number of oxime groups is 1. The maximum atomic E-state index is 12.0. The third kappa shape index (κ3) is 4.77. The number of hydrogen-bond acceptors (Lipinski definition) is 5. The maximum absolute atomic E-state index is 12.0. The molecule has 0 saturated heterocycles. The number of ketones is 2. The van der Waals surface area contributed by atoms with Crippen LogP contribution >= 0.6 is 0 Å². The molecule has 1 aliphatic carbocycles. The molecular formula is C17H25NO4. The van der Waals surface area contributed by atoms with Gasteiger partial charge in [0.25, 0.3) is 0 Å². The van der Waals surface area contributed by atoms with Gasteiger partial charge in [-0.25, -0.2) is 0 Å². The quantitative estimate of drug-likeness (QED) is 0.647. The van der Waals surface area contributed by atoms with Crippen LogP contribution in [0.15, 0.2) is 16.8 Å². The number of rotatable bonds is 8. The molecule has 2 aliphatic rings. The van der Waals surface area contributed by atoms with Crippen LogP contribution in [0, 0.1) is 5.92 Å². The second-order valence-corrected chi connectivity index (χ2v) is 5.99. The first-order chi connectivity index (χ1) is 10.6. The summed E-state index contributed by atoms with van der Waals surface area (Å²) in [4.78, 5) is 28.7. The molecule has 2 atom stereocenters. The lowest BCUT2D eigenvalue weighted by atomic mass is 9.90. The summed E-state index contributed by atoms with van der Waals surface area (Å²) in [5.41, 5.74) is 2.09. The lowest BCUT2D eigenvalue weighted by molar-refractivity contribution is -0.124. The predicted octanol–water partition coefficient (Wildman–Crippen LogP) is 2.83. The zero-order chi connectivity index (χ0) is 15.9. The Balaban J connectivity index is 1.75. The van der Waals surface area contributed by atoms with Crippen molar-refractivity contribution in [3.63, 3.8) is 0 Å². The summed E-state index contributed by atoms with van der Waals surface area (Å²) in [7, 11) is 0. The SMILES string of the molecule is CCOCCC(=O)C(C)CC1CC(C2=CCC(=O)CC2)=NO1. The topological polar surface area (TPSA) is 65.0 Å². The lowest BCUT2D eigenvalue weighted by Gasteiger charge is -2.15.